The van der Waals surface area contributed by atoms with Crippen LogP contribution >= 0.6 is 0 Å². The maximum absolute atomic E-state index is 12.1. The predicted molar refractivity (Wildman–Crippen MR) is 198 cm³/mol. The van der Waals surface area contributed by atoms with Gasteiger partial charge in [-0.3, -0.25) is 0 Å². The SMILES string of the molecule is CC(C)(C)CC(C)(C)c1ccc(Cc2ccc(C(C)(C)CC(C)(C)C)c(-n3nc4ccccc4n3)c2O)c(O)c1-n1nc2ccccc2n1. The van der Waals surface area contributed by atoms with Crippen molar-refractivity contribution >= 4 is 22.1 Å². The van der Waals surface area contributed by atoms with E-state index in [1.165, 1.54) is 0 Å². The van der Waals surface area contributed by atoms with Gasteiger partial charge in [0.2, 0.25) is 0 Å². The molecule has 0 unspecified atom stereocenters. The maximum atomic E-state index is 12.1. The fraction of sp³-hybridized carbons (Fsp3) is 0.415. The van der Waals surface area contributed by atoms with Gasteiger partial charge in [0.05, 0.1) is 0 Å². The van der Waals surface area contributed by atoms with Crippen molar-refractivity contribution in [3.8, 4) is 22.9 Å². The molecule has 6 rings (SSSR count). The van der Waals surface area contributed by atoms with E-state index in [9.17, 15) is 10.2 Å². The normalized spacial score (nSPS) is 13.1. The standard InChI is InChI=1S/C41H50N6O2/c1-38(2,3)24-40(7,8)28-21-19-26(36(48)34(28)46-42-30-15-11-12-16-31(30)43-46)23-27-20-22-29(41(9,10)25-39(4,5)6)35(37(27)49)47-44-32-17-13-14-18-33(32)45-47/h11-22,48-49H,23-25H2,1-10H3. The molecular weight excluding hydrogens is 608 g/mol. The van der Waals surface area contributed by atoms with Crippen LogP contribution in [0.4, 0.5) is 0 Å². The first-order chi connectivity index (χ1) is 22.8. The van der Waals surface area contributed by atoms with Crippen molar-refractivity contribution in [2.45, 2.75) is 99.3 Å². The van der Waals surface area contributed by atoms with Crippen LogP contribution in [0.3, 0.4) is 0 Å². The van der Waals surface area contributed by atoms with Crippen molar-refractivity contribution in [2.75, 3.05) is 0 Å². The Morgan fingerprint density at radius 3 is 1.06 bits per heavy atom. The van der Waals surface area contributed by atoms with Crippen molar-refractivity contribution in [3.63, 3.8) is 0 Å². The third-order valence-electron chi connectivity index (χ3n) is 9.23. The molecule has 0 radical (unpaired) electrons. The number of hydrogen-bond acceptors (Lipinski definition) is 6. The lowest BCUT2D eigenvalue weighted by Gasteiger charge is -2.35. The van der Waals surface area contributed by atoms with Gasteiger partial charge in [0, 0.05) is 17.5 Å². The summed E-state index contributed by atoms with van der Waals surface area (Å²) < 4.78 is 0. The zero-order valence-electron chi connectivity index (χ0n) is 30.6. The van der Waals surface area contributed by atoms with Crippen molar-refractivity contribution in [2.24, 2.45) is 10.8 Å². The lowest BCUT2D eigenvalue weighted by atomic mass is 9.71. The molecule has 2 N–H and O–H groups in total. The Morgan fingerprint density at radius 1 is 0.469 bits per heavy atom. The summed E-state index contributed by atoms with van der Waals surface area (Å²) >= 11 is 0. The first-order valence-corrected chi connectivity index (χ1v) is 17.2. The van der Waals surface area contributed by atoms with E-state index in [0.29, 0.717) is 22.5 Å². The molecule has 0 bridgehead atoms. The fourth-order valence-corrected chi connectivity index (χ4v) is 7.99. The third-order valence-corrected chi connectivity index (χ3v) is 9.23. The number of aromatic hydroxyl groups is 2. The Kier molecular flexibility index (Phi) is 8.37. The molecule has 2 aromatic heterocycles. The van der Waals surface area contributed by atoms with Crippen LogP contribution in [0.25, 0.3) is 33.4 Å². The Balaban J connectivity index is 1.52. The van der Waals surface area contributed by atoms with Crippen molar-refractivity contribution in [1.29, 1.82) is 0 Å². The number of hydrogen-bond donors (Lipinski definition) is 2. The highest BCUT2D eigenvalue weighted by Gasteiger charge is 2.34. The second-order valence-corrected chi connectivity index (χ2v) is 17.3. The summed E-state index contributed by atoms with van der Waals surface area (Å²) in [7, 11) is 0. The third kappa shape index (κ3) is 6.91. The van der Waals surface area contributed by atoms with Crippen LogP contribution < -0.4 is 0 Å². The maximum Gasteiger partial charge on any atom is 0.146 e. The molecule has 0 fully saturated rings. The summed E-state index contributed by atoms with van der Waals surface area (Å²) in [5.41, 5.74) is 6.87. The van der Waals surface area contributed by atoms with Gasteiger partial charge in [-0.25, -0.2) is 0 Å². The molecule has 0 aliphatic rings. The molecule has 0 atom stereocenters. The zero-order chi connectivity index (χ0) is 35.5. The molecule has 8 nitrogen and oxygen atoms in total. The second-order valence-electron chi connectivity index (χ2n) is 17.3. The molecule has 0 saturated carbocycles. The van der Waals surface area contributed by atoms with E-state index in [4.69, 9.17) is 20.4 Å². The summed E-state index contributed by atoms with van der Waals surface area (Å²) in [5, 5.41) is 43.5. The molecule has 49 heavy (non-hydrogen) atoms. The smallest absolute Gasteiger partial charge is 0.146 e. The van der Waals surface area contributed by atoms with Gasteiger partial charge in [-0.05, 0) is 69.9 Å². The number of fused-ring (bicyclic) bond motifs is 2. The number of rotatable bonds is 8. The molecule has 0 amide bonds. The highest BCUT2D eigenvalue weighted by atomic mass is 16.3. The average molecular weight is 659 g/mol. The molecule has 4 aromatic carbocycles. The quantitative estimate of drug-likeness (QED) is 0.169. The number of phenols is 2. The minimum Gasteiger partial charge on any atom is -0.505 e. The molecule has 256 valence electrons. The van der Waals surface area contributed by atoms with Gasteiger partial charge < -0.3 is 10.2 Å². The first-order valence-electron chi connectivity index (χ1n) is 17.2. The van der Waals surface area contributed by atoms with Crippen LogP contribution in [-0.4, -0.2) is 40.2 Å². The molecular formula is C41H50N6O2. The Bertz CT molecular complexity index is 1940. The molecule has 8 heteroatoms. The van der Waals surface area contributed by atoms with E-state index in [-0.39, 0.29) is 39.6 Å². The fourth-order valence-electron chi connectivity index (χ4n) is 7.99. The minimum absolute atomic E-state index is 0.0490. The highest BCUT2D eigenvalue weighted by Crippen LogP contribution is 2.45. The summed E-state index contributed by atoms with van der Waals surface area (Å²) in [5.74, 6) is 0.196. The van der Waals surface area contributed by atoms with Crippen LogP contribution in [0, 0.1) is 10.8 Å². The highest BCUT2D eigenvalue weighted by molar-refractivity contribution is 5.75. The van der Waals surface area contributed by atoms with Crippen LogP contribution in [0.1, 0.15) is 104 Å². The van der Waals surface area contributed by atoms with Crippen LogP contribution in [-0.2, 0) is 17.3 Å². The van der Waals surface area contributed by atoms with Gasteiger partial charge in [0.15, 0.2) is 0 Å². The molecule has 0 spiro atoms. The van der Waals surface area contributed by atoms with Crippen molar-refractivity contribution in [1.82, 2.24) is 30.0 Å². The van der Waals surface area contributed by atoms with E-state index in [2.05, 4.69) is 81.4 Å². The Morgan fingerprint density at radius 2 is 0.776 bits per heavy atom. The molecule has 0 saturated heterocycles. The summed E-state index contributed by atoms with van der Waals surface area (Å²) in [6.07, 6.45) is 2.04. The molecule has 0 aliphatic heterocycles. The summed E-state index contributed by atoms with van der Waals surface area (Å²) in [4.78, 5) is 3.15. The van der Waals surface area contributed by atoms with E-state index in [0.717, 1.165) is 46.0 Å². The van der Waals surface area contributed by atoms with Crippen molar-refractivity contribution < 1.29 is 10.2 Å². The van der Waals surface area contributed by atoms with Gasteiger partial charge in [-0.1, -0.05) is 118 Å². The number of nitrogens with zero attached hydrogens (tertiary/aromatic N) is 6. The zero-order valence-corrected chi connectivity index (χ0v) is 30.6. The summed E-state index contributed by atoms with van der Waals surface area (Å²) in [6, 6.07) is 23.6. The number of phenolic OH excluding ortho intramolecular Hbond substituents is 2. The summed E-state index contributed by atoms with van der Waals surface area (Å²) in [6.45, 7) is 22.2. The largest absolute Gasteiger partial charge is 0.505 e. The van der Waals surface area contributed by atoms with Gasteiger partial charge in [0.25, 0.3) is 0 Å². The molecule has 2 heterocycles. The Labute approximate surface area is 289 Å². The van der Waals surface area contributed by atoms with Gasteiger partial charge >= 0.3 is 0 Å². The predicted octanol–water partition coefficient (Wildman–Crippen LogP) is 9.58. The van der Waals surface area contributed by atoms with Crippen molar-refractivity contribution in [3.05, 3.63) is 95.1 Å². The number of aromatic nitrogens is 6. The van der Waals surface area contributed by atoms with Crippen LogP contribution in [0.2, 0.25) is 0 Å². The van der Waals surface area contributed by atoms with Gasteiger partial charge in [-0.2, -0.15) is 0 Å². The van der Waals surface area contributed by atoms with Gasteiger partial charge in [-0.15, -0.1) is 30.0 Å². The van der Waals surface area contributed by atoms with E-state index >= 15 is 0 Å². The van der Waals surface area contributed by atoms with E-state index in [1.54, 1.807) is 9.59 Å². The van der Waals surface area contributed by atoms with Crippen LogP contribution in [0.15, 0.2) is 72.8 Å². The second kappa shape index (κ2) is 12.0. The minimum atomic E-state index is -0.299. The van der Waals surface area contributed by atoms with Crippen LogP contribution in [0.5, 0.6) is 11.5 Å². The topological polar surface area (TPSA) is 102 Å². The average Bonchev–Trinajstić information content (AvgIpc) is 3.60. The van der Waals surface area contributed by atoms with E-state index < -0.39 is 0 Å². The lowest BCUT2D eigenvalue weighted by Crippen LogP contribution is -2.27. The first kappa shape index (κ1) is 34.2. The lowest BCUT2D eigenvalue weighted by molar-refractivity contribution is 0.282. The monoisotopic (exact) mass is 658 g/mol. The van der Waals surface area contributed by atoms with Gasteiger partial charge in [0.1, 0.15) is 44.9 Å². The Hall–Kier alpha value is -4.72. The molecule has 0 aliphatic carbocycles. The number of benzene rings is 4. The van der Waals surface area contributed by atoms with E-state index in [1.807, 2.05) is 60.7 Å². The molecule has 6 aromatic rings.